The highest BCUT2D eigenvalue weighted by atomic mass is 32.1. The van der Waals surface area contributed by atoms with Gasteiger partial charge in [0, 0.05) is 28.2 Å². The number of nitrogens with one attached hydrogen (secondary N) is 1. The van der Waals surface area contributed by atoms with Gasteiger partial charge in [0.1, 0.15) is 0 Å². The molecule has 0 aliphatic carbocycles. The molecular weight excluding hydrogens is 326 g/mol. The molecule has 1 atom stereocenters. The standard InChI is InChI=1S/C22H21NOS/c1-14(2)15-8-10-17(11-9-15)18-12-20(24)23-21-19(13-25-22(18)21)16-6-4-3-5-7-16/h3-11,13-14,18H,12H2,1-2H3,(H,23,24)/t18-/m0/s1. The fourth-order valence-electron chi connectivity index (χ4n) is 3.44. The summed E-state index contributed by atoms with van der Waals surface area (Å²) < 4.78 is 0. The number of carbonyl (C=O) groups is 1. The maximum atomic E-state index is 12.4. The monoisotopic (exact) mass is 347 g/mol. The minimum Gasteiger partial charge on any atom is -0.325 e. The molecular formula is C22H21NOS. The Labute approximate surface area is 152 Å². The quantitative estimate of drug-likeness (QED) is 0.617. The molecule has 25 heavy (non-hydrogen) atoms. The maximum Gasteiger partial charge on any atom is 0.225 e. The van der Waals surface area contributed by atoms with Gasteiger partial charge in [-0.2, -0.15) is 0 Å². The van der Waals surface area contributed by atoms with Gasteiger partial charge in [0.05, 0.1) is 5.69 Å². The van der Waals surface area contributed by atoms with Crippen LogP contribution >= 0.6 is 11.3 Å². The van der Waals surface area contributed by atoms with Gasteiger partial charge in [-0.15, -0.1) is 11.3 Å². The van der Waals surface area contributed by atoms with E-state index in [1.807, 2.05) is 18.2 Å². The third-order valence-corrected chi connectivity index (χ3v) is 5.98. The van der Waals surface area contributed by atoms with Gasteiger partial charge in [-0.3, -0.25) is 4.79 Å². The summed E-state index contributed by atoms with van der Waals surface area (Å²) in [6, 6.07) is 19.0. The smallest absolute Gasteiger partial charge is 0.225 e. The first-order valence-electron chi connectivity index (χ1n) is 8.70. The first kappa shape index (κ1) is 16.1. The number of amides is 1. The van der Waals surface area contributed by atoms with Gasteiger partial charge >= 0.3 is 0 Å². The fraction of sp³-hybridized carbons (Fsp3) is 0.227. The molecule has 0 unspecified atom stereocenters. The number of carbonyl (C=O) groups excluding carboxylic acids is 1. The topological polar surface area (TPSA) is 29.1 Å². The van der Waals surface area contributed by atoms with Crippen molar-refractivity contribution in [3.05, 3.63) is 76.0 Å². The van der Waals surface area contributed by atoms with Crippen molar-refractivity contribution in [3.63, 3.8) is 0 Å². The molecule has 1 aromatic heterocycles. The van der Waals surface area contributed by atoms with Crippen LogP contribution in [0, 0.1) is 0 Å². The molecule has 1 N–H and O–H groups in total. The van der Waals surface area contributed by atoms with Gasteiger partial charge in [-0.1, -0.05) is 68.4 Å². The zero-order chi connectivity index (χ0) is 17.4. The number of benzene rings is 2. The normalized spacial score (nSPS) is 16.6. The van der Waals surface area contributed by atoms with Crippen LogP contribution in [0.5, 0.6) is 0 Å². The third-order valence-electron chi connectivity index (χ3n) is 4.88. The highest BCUT2D eigenvalue weighted by Crippen LogP contribution is 2.46. The molecule has 1 aliphatic heterocycles. The Kier molecular flexibility index (Phi) is 4.18. The van der Waals surface area contributed by atoms with Crippen molar-refractivity contribution in [2.24, 2.45) is 0 Å². The summed E-state index contributed by atoms with van der Waals surface area (Å²) in [7, 11) is 0. The number of hydrogen-bond donors (Lipinski definition) is 1. The van der Waals surface area contributed by atoms with E-state index >= 15 is 0 Å². The predicted molar refractivity (Wildman–Crippen MR) is 105 cm³/mol. The summed E-state index contributed by atoms with van der Waals surface area (Å²) in [6.07, 6.45) is 0.517. The van der Waals surface area contributed by atoms with Gasteiger partial charge in [0.25, 0.3) is 0 Å². The van der Waals surface area contributed by atoms with Crippen molar-refractivity contribution >= 4 is 22.9 Å². The van der Waals surface area contributed by atoms with Crippen LogP contribution in [0.1, 0.15) is 48.1 Å². The zero-order valence-electron chi connectivity index (χ0n) is 14.5. The summed E-state index contributed by atoms with van der Waals surface area (Å²) >= 11 is 1.75. The van der Waals surface area contributed by atoms with Gasteiger partial charge < -0.3 is 5.32 Å². The van der Waals surface area contributed by atoms with Crippen LogP contribution in [0.3, 0.4) is 0 Å². The number of rotatable bonds is 3. The van der Waals surface area contributed by atoms with Gasteiger partial charge in [-0.05, 0) is 22.6 Å². The van der Waals surface area contributed by atoms with Crippen LogP contribution in [-0.2, 0) is 4.79 Å². The van der Waals surface area contributed by atoms with Crippen molar-refractivity contribution in [1.82, 2.24) is 0 Å². The molecule has 0 spiro atoms. The Balaban J connectivity index is 1.75. The van der Waals surface area contributed by atoms with Crippen molar-refractivity contribution < 1.29 is 4.79 Å². The Hall–Kier alpha value is -2.39. The summed E-state index contributed by atoms with van der Waals surface area (Å²) in [5.41, 5.74) is 5.82. The molecule has 126 valence electrons. The van der Waals surface area contributed by atoms with E-state index in [0.717, 1.165) is 16.8 Å². The molecule has 3 aromatic rings. The molecule has 0 saturated carbocycles. The zero-order valence-corrected chi connectivity index (χ0v) is 15.3. The average molecular weight is 347 g/mol. The number of anilines is 1. The van der Waals surface area contributed by atoms with Crippen molar-refractivity contribution in [3.8, 4) is 11.1 Å². The first-order chi connectivity index (χ1) is 12.1. The Morgan fingerprint density at radius 3 is 2.44 bits per heavy atom. The van der Waals surface area contributed by atoms with Crippen LogP contribution in [0.15, 0.2) is 60.0 Å². The number of hydrogen-bond acceptors (Lipinski definition) is 2. The second kappa shape index (κ2) is 6.49. The highest BCUT2D eigenvalue weighted by Gasteiger charge is 2.30. The highest BCUT2D eigenvalue weighted by molar-refractivity contribution is 7.11. The average Bonchev–Trinajstić information content (AvgIpc) is 3.05. The molecule has 0 radical (unpaired) electrons. The van der Waals surface area contributed by atoms with E-state index < -0.39 is 0 Å². The summed E-state index contributed by atoms with van der Waals surface area (Å²) in [4.78, 5) is 13.6. The molecule has 2 heterocycles. The Morgan fingerprint density at radius 2 is 1.76 bits per heavy atom. The van der Waals surface area contributed by atoms with E-state index in [2.05, 4.69) is 60.9 Å². The van der Waals surface area contributed by atoms with E-state index in [0.29, 0.717) is 12.3 Å². The van der Waals surface area contributed by atoms with Crippen LogP contribution in [-0.4, -0.2) is 5.91 Å². The molecule has 4 rings (SSSR count). The molecule has 1 aliphatic rings. The third kappa shape index (κ3) is 3.00. The minimum absolute atomic E-state index is 0.0982. The van der Waals surface area contributed by atoms with Crippen molar-refractivity contribution in [2.45, 2.75) is 32.1 Å². The summed E-state index contributed by atoms with van der Waals surface area (Å²) in [5.74, 6) is 0.763. The van der Waals surface area contributed by atoms with Crippen LogP contribution in [0.25, 0.3) is 11.1 Å². The Morgan fingerprint density at radius 1 is 1.04 bits per heavy atom. The molecule has 2 nitrogen and oxygen atoms in total. The Bertz CT molecular complexity index is 894. The largest absolute Gasteiger partial charge is 0.325 e. The van der Waals surface area contributed by atoms with E-state index in [9.17, 15) is 4.79 Å². The molecule has 1 amide bonds. The first-order valence-corrected chi connectivity index (χ1v) is 9.58. The summed E-state index contributed by atoms with van der Waals surface area (Å²) in [5, 5.41) is 5.28. The van der Waals surface area contributed by atoms with Gasteiger partial charge in [-0.25, -0.2) is 0 Å². The van der Waals surface area contributed by atoms with E-state index in [4.69, 9.17) is 0 Å². The molecule has 0 saturated heterocycles. The molecule has 3 heteroatoms. The van der Waals surface area contributed by atoms with Crippen LogP contribution in [0.2, 0.25) is 0 Å². The fourth-order valence-corrected chi connectivity index (χ4v) is 4.60. The van der Waals surface area contributed by atoms with Gasteiger partial charge in [0.15, 0.2) is 0 Å². The van der Waals surface area contributed by atoms with Crippen molar-refractivity contribution in [2.75, 3.05) is 5.32 Å². The second-order valence-corrected chi connectivity index (χ2v) is 7.79. The lowest BCUT2D eigenvalue weighted by Crippen LogP contribution is -2.22. The van der Waals surface area contributed by atoms with Crippen LogP contribution < -0.4 is 5.32 Å². The lowest BCUT2D eigenvalue weighted by molar-refractivity contribution is -0.116. The molecule has 2 aromatic carbocycles. The predicted octanol–water partition coefficient (Wildman–Crippen LogP) is 6.01. The number of fused-ring (bicyclic) bond motifs is 1. The van der Waals surface area contributed by atoms with Crippen LogP contribution in [0.4, 0.5) is 5.69 Å². The summed E-state index contributed by atoms with van der Waals surface area (Å²) in [6.45, 7) is 4.40. The second-order valence-electron chi connectivity index (χ2n) is 6.88. The van der Waals surface area contributed by atoms with E-state index in [1.165, 1.54) is 16.0 Å². The lowest BCUT2D eigenvalue weighted by atomic mass is 9.88. The lowest BCUT2D eigenvalue weighted by Gasteiger charge is -2.24. The van der Waals surface area contributed by atoms with Crippen molar-refractivity contribution in [1.29, 1.82) is 0 Å². The molecule has 0 fully saturated rings. The number of thiophene rings is 1. The maximum absolute atomic E-state index is 12.4. The van der Waals surface area contributed by atoms with E-state index in [-0.39, 0.29) is 11.8 Å². The van der Waals surface area contributed by atoms with E-state index in [1.54, 1.807) is 11.3 Å². The van der Waals surface area contributed by atoms with Gasteiger partial charge in [0.2, 0.25) is 5.91 Å². The minimum atomic E-state index is 0.0982. The molecule has 0 bridgehead atoms. The SMILES string of the molecule is CC(C)c1ccc([C@@H]2CC(=O)Nc3c(-c4ccccc4)csc32)cc1.